The van der Waals surface area contributed by atoms with Crippen molar-refractivity contribution in [3.05, 3.63) is 28.3 Å². The summed E-state index contributed by atoms with van der Waals surface area (Å²) in [7, 11) is 0. The van der Waals surface area contributed by atoms with Gasteiger partial charge in [-0.1, -0.05) is 17.7 Å². The van der Waals surface area contributed by atoms with E-state index in [0.29, 0.717) is 24.8 Å². The standard InChI is InChI=1S/C16H22ClNO3/c1-11-5-12-14(18-7-16(8-19)9-20-10-16)3-2-4-21-15(12)13(17)6-11/h5-6,14,18-19H,2-4,7-10H2,1H3. The fourth-order valence-electron chi connectivity index (χ4n) is 2.98. The first-order valence-electron chi connectivity index (χ1n) is 7.48. The normalized spacial score (nSPS) is 23.7. The third kappa shape index (κ3) is 3.04. The molecule has 3 rings (SSSR count). The Morgan fingerprint density at radius 2 is 2.24 bits per heavy atom. The van der Waals surface area contributed by atoms with Crippen molar-refractivity contribution >= 4 is 11.6 Å². The summed E-state index contributed by atoms with van der Waals surface area (Å²) in [5, 5.41) is 13.8. The number of fused-ring (bicyclic) bond motifs is 1. The van der Waals surface area contributed by atoms with Crippen molar-refractivity contribution < 1.29 is 14.6 Å². The third-order valence-corrected chi connectivity index (χ3v) is 4.63. The molecule has 2 N–H and O–H groups in total. The van der Waals surface area contributed by atoms with Gasteiger partial charge in [-0.2, -0.15) is 0 Å². The second kappa shape index (κ2) is 6.13. The van der Waals surface area contributed by atoms with Crippen molar-refractivity contribution in [2.45, 2.75) is 25.8 Å². The lowest BCUT2D eigenvalue weighted by Crippen LogP contribution is -2.52. The van der Waals surface area contributed by atoms with Gasteiger partial charge in [-0.05, 0) is 31.4 Å². The molecule has 1 aromatic carbocycles. The molecule has 21 heavy (non-hydrogen) atoms. The minimum absolute atomic E-state index is 0.124. The molecule has 0 radical (unpaired) electrons. The molecule has 1 fully saturated rings. The summed E-state index contributed by atoms with van der Waals surface area (Å²) in [4.78, 5) is 0. The van der Waals surface area contributed by atoms with Crippen LogP contribution < -0.4 is 10.1 Å². The number of hydrogen-bond donors (Lipinski definition) is 2. The molecule has 2 heterocycles. The Morgan fingerprint density at radius 1 is 1.43 bits per heavy atom. The van der Waals surface area contributed by atoms with Crippen LogP contribution in [0.4, 0.5) is 0 Å². The highest BCUT2D eigenvalue weighted by Gasteiger charge is 2.38. The molecule has 0 amide bonds. The van der Waals surface area contributed by atoms with Crippen molar-refractivity contribution in [1.82, 2.24) is 5.32 Å². The molecule has 5 heteroatoms. The average molecular weight is 312 g/mol. The monoisotopic (exact) mass is 311 g/mol. The summed E-state index contributed by atoms with van der Waals surface area (Å²) in [5.41, 5.74) is 2.15. The lowest BCUT2D eigenvalue weighted by molar-refractivity contribution is -0.135. The fourth-order valence-corrected chi connectivity index (χ4v) is 3.31. The third-order valence-electron chi connectivity index (χ3n) is 4.35. The van der Waals surface area contributed by atoms with Crippen LogP contribution in [0.3, 0.4) is 0 Å². The van der Waals surface area contributed by atoms with Crippen molar-refractivity contribution in [2.24, 2.45) is 5.41 Å². The maximum absolute atomic E-state index is 9.54. The molecule has 116 valence electrons. The van der Waals surface area contributed by atoms with E-state index in [-0.39, 0.29) is 18.1 Å². The SMILES string of the molecule is Cc1cc(Cl)c2c(c1)C(NCC1(CO)COC1)CCCO2. The number of hydrogen-bond acceptors (Lipinski definition) is 4. The number of aryl methyl sites for hydroxylation is 1. The molecule has 2 aliphatic heterocycles. The molecular formula is C16H22ClNO3. The summed E-state index contributed by atoms with van der Waals surface area (Å²) < 4.78 is 11.1. The number of rotatable bonds is 4. The Balaban J connectivity index is 1.80. The topological polar surface area (TPSA) is 50.7 Å². The van der Waals surface area contributed by atoms with E-state index in [1.165, 1.54) is 0 Å². The van der Waals surface area contributed by atoms with E-state index in [1.54, 1.807) is 0 Å². The Bertz CT molecular complexity index is 511. The highest BCUT2D eigenvalue weighted by atomic mass is 35.5. The molecule has 1 atom stereocenters. The highest BCUT2D eigenvalue weighted by Crippen LogP contribution is 2.38. The number of nitrogens with one attached hydrogen (secondary N) is 1. The smallest absolute Gasteiger partial charge is 0.142 e. The van der Waals surface area contributed by atoms with E-state index >= 15 is 0 Å². The Morgan fingerprint density at radius 3 is 2.90 bits per heavy atom. The summed E-state index contributed by atoms with van der Waals surface area (Å²) in [6, 6.07) is 4.30. The van der Waals surface area contributed by atoms with Crippen molar-refractivity contribution in [3.63, 3.8) is 0 Å². The molecule has 0 saturated carbocycles. The molecule has 0 bridgehead atoms. The zero-order valence-electron chi connectivity index (χ0n) is 12.3. The molecule has 1 saturated heterocycles. The molecule has 0 aromatic heterocycles. The summed E-state index contributed by atoms with van der Waals surface area (Å²) in [5.74, 6) is 0.806. The molecular weight excluding hydrogens is 290 g/mol. The first kappa shape index (κ1) is 15.1. The Labute approximate surface area is 130 Å². The van der Waals surface area contributed by atoms with Gasteiger partial charge >= 0.3 is 0 Å². The van der Waals surface area contributed by atoms with Gasteiger partial charge in [0.2, 0.25) is 0 Å². The van der Waals surface area contributed by atoms with E-state index in [0.717, 1.165) is 36.3 Å². The van der Waals surface area contributed by atoms with Gasteiger partial charge in [0, 0.05) is 18.2 Å². The van der Waals surface area contributed by atoms with Gasteiger partial charge in [0.15, 0.2) is 0 Å². The fraction of sp³-hybridized carbons (Fsp3) is 0.625. The van der Waals surface area contributed by atoms with E-state index in [1.807, 2.05) is 13.0 Å². The highest BCUT2D eigenvalue weighted by molar-refractivity contribution is 6.32. The lowest BCUT2D eigenvalue weighted by Gasteiger charge is -2.41. The first-order chi connectivity index (χ1) is 10.1. The van der Waals surface area contributed by atoms with E-state index in [4.69, 9.17) is 21.1 Å². The van der Waals surface area contributed by atoms with Gasteiger partial charge in [-0.15, -0.1) is 0 Å². The molecule has 0 aliphatic carbocycles. The zero-order chi connectivity index (χ0) is 14.9. The number of ether oxygens (including phenoxy) is 2. The van der Waals surface area contributed by atoms with Crippen molar-refractivity contribution in [1.29, 1.82) is 0 Å². The number of aliphatic hydroxyl groups is 1. The molecule has 4 nitrogen and oxygen atoms in total. The largest absolute Gasteiger partial charge is 0.492 e. The van der Waals surface area contributed by atoms with E-state index in [9.17, 15) is 5.11 Å². The van der Waals surface area contributed by atoms with Crippen molar-refractivity contribution in [2.75, 3.05) is 33.0 Å². The van der Waals surface area contributed by atoms with Crippen LogP contribution in [0, 0.1) is 12.3 Å². The lowest BCUT2D eigenvalue weighted by atomic mass is 9.86. The van der Waals surface area contributed by atoms with Crippen molar-refractivity contribution in [3.8, 4) is 5.75 Å². The molecule has 0 spiro atoms. The van der Waals surface area contributed by atoms with Gasteiger partial charge in [0.05, 0.1) is 36.9 Å². The maximum atomic E-state index is 9.54. The predicted octanol–water partition coefficient (Wildman–Crippen LogP) is 2.46. The second-order valence-corrected chi connectivity index (χ2v) is 6.65. The average Bonchev–Trinajstić information content (AvgIpc) is 2.61. The molecule has 1 unspecified atom stereocenters. The van der Waals surface area contributed by atoms with Crippen LogP contribution in [0.15, 0.2) is 12.1 Å². The number of halogens is 1. The van der Waals surface area contributed by atoms with Crippen LogP contribution in [0.2, 0.25) is 5.02 Å². The Kier molecular flexibility index (Phi) is 4.41. The minimum atomic E-state index is -0.124. The number of aliphatic hydroxyl groups excluding tert-OH is 1. The van der Waals surface area contributed by atoms with E-state index < -0.39 is 0 Å². The van der Waals surface area contributed by atoms with Crippen LogP contribution in [0.5, 0.6) is 5.75 Å². The predicted molar refractivity (Wildman–Crippen MR) is 82.0 cm³/mol. The Hall–Kier alpha value is -0.810. The zero-order valence-corrected chi connectivity index (χ0v) is 13.1. The van der Waals surface area contributed by atoms with Gasteiger partial charge in [0.25, 0.3) is 0 Å². The second-order valence-electron chi connectivity index (χ2n) is 6.24. The van der Waals surface area contributed by atoms with E-state index in [2.05, 4.69) is 11.4 Å². The van der Waals surface area contributed by atoms with Gasteiger partial charge < -0.3 is 19.9 Å². The van der Waals surface area contributed by atoms with Crippen LogP contribution in [-0.2, 0) is 4.74 Å². The summed E-state index contributed by atoms with van der Waals surface area (Å²) in [6.45, 7) is 4.90. The van der Waals surface area contributed by atoms with Crippen LogP contribution >= 0.6 is 11.6 Å². The van der Waals surface area contributed by atoms with Gasteiger partial charge in [-0.3, -0.25) is 0 Å². The first-order valence-corrected chi connectivity index (χ1v) is 7.86. The quantitative estimate of drug-likeness (QED) is 0.897. The van der Waals surface area contributed by atoms with Gasteiger partial charge in [0.1, 0.15) is 5.75 Å². The summed E-state index contributed by atoms with van der Waals surface area (Å²) in [6.07, 6.45) is 2.00. The number of benzene rings is 1. The van der Waals surface area contributed by atoms with Crippen LogP contribution in [-0.4, -0.2) is 38.1 Å². The molecule has 2 aliphatic rings. The maximum Gasteiger partial charge on any atom is 0.142 e. The van der Waals surface area contributed by atoms with Crippen LogP contribution in [0.25, 0.3) is 0 Å². The summed E-state index contributed by atoms with van der Waals surface area (Å²) >= 11 is 6.33. The molecule has 1 aromatic rings. The van der Waals surface area contributed by atoms with Gasteiger partial charge in [-0.25, -0.2) is 0 Å². The van der Waals surface area contributed by atoms with Crippen LogP contribution in [0.1, 0.15) is 30.0 Å². The minimum Gasteiger partial charge on any atom is -0.492 e.